The minimum absolute atomic E-state index is 0.0196. The Morgan fingerprint density at radius 1 is 1.25 bits per heavy atom. The van der Waals surface area contributed by atoms with Crippen LogP contribution in [-0.2, 0) is 14.4 Å². The van der Waals surface area contributed by atoms with E-state index in [-0.39, 0.29) is 36.1 Å². The van der Waals surface area contributed by atoms with E-state index in [1.54, 1.807) is 19.0 Å². The summed E-state index contributed by atoms with van der Waals surface area (Å²) in [6, 6.07) is 0.239. The average molecular weight is 371 g/mol. The smallest absolute Gasteiger partial charge is 0.241 e. The van der Waals surface area contributed by atoms with Gasteiger partial charge in [-0.05, 0) is 12.8 Å². The maximum Gasteiger partial charge on any atom is 0.241 e. The normalized spacial score (nSPS) is 13.5. The molecule has 3 amide bonds. The zero-order valence-corrected chi connectivity index (χ0v) is 15.6. The van der Waals surface area contributed by atoms with Crippen molar-refractivity contribution in [1.82, 2.24) is 20.4 Å². The molecule has 0 aromatic carbocycles. The van der Waals surface area contributed by atoms with Crippen molar-refractivity contribution in [2.24, 2.45) is 0 Å². The van der Waals surface area contributed by atoms with Crippen LogP contribution in [0.2, 0.25) is 0 Å². The lowest BCUT2D eigenvalue weighted by Crippen LogP contribution is -2.36. The number of carbonyl (C=O) groups is 3. The molecule has 1 N–H and O–H groups in total. The number of carbonyl (C=O) groups excluding carboxylic acids is 3. The Bertz CT molecular complexity index is 615. The van der Waals surface area contributed by atoms with E-state index in [1.165, 1.54) is 28.0 Å². The second-order valence-corrected chi connectivity index (χ2v) is 7.73. The maximum atomic E-state index is 12.0. The number of aromatic nitrogens is 2. The molecule has 0 saturated heterocycles. The van der Waals surface area contributed by atoms with Crippen LogP contribution in [0.4, 0.5) is 5.13 Å². The SMILES string of the molecule is CCC(=O)N(c1nnc(SCC(=O)NCC(=O)N(C)C)s1)C1CC1. The van der Waals surface area contributed by atoms with Gasteiger partial charge in [-0.3, -0.25) is 19.3 Å². The fourth-order valence-electron chi connectivity index (χ4n) is 1.84. The maximum absolute atomic E-state index is 12.0. The van der Waals surface area contributed by atoms with E-state index in [0.29, 0.717) is 15.9 Å². The van der Waals surface area contributed by atoms with Crippen LogP contribution < -0.4 is 10.2 Å². The molecule has 1 aromatic rings. The number of nitrogens with one attached hydrogen (secondary N) is 1. The molecule has 1 saturated carbocycles. The quantitative estimate of drug-likeness (QED) is 0.535. The Kier molecular flexibility index (Phi) is 6.55. The van der Waals surface area contributed by atoms with Crippen LogP contribution in [0.1, 0.15) is 26.2 Å². The predicted octanol–water partition coefficient (Wildman–Crippen LogP) is 0.740. The molecule has 1 aliphatic rings. The number of hydrogen-bond donors (Lipinski definition) is 1. The molecule has 24 heavy (non-hydrogen) atoms. The highest BCUT2D eigenvalue weighted by Gasteiger charge is 2.35. The van der Waals surface area contributed by atoms with Crippen molar-refractivity contribution in [3.05, 3.63) is 0 Å². The molecule has 1 aromatic heterocycles. The number of thioether (sulfide) groups is 1. The molecule has 0 radical (unpaired) electrons. The van der Waals surface area contributed by atoms with Crippen molar-refractivity contribution in [3.8, 4) is 0 Å². The number of amides is 3. The molecular formula is C14H21N5O3S2. The number of rotatable bonds is 8. The largest absolute Gasteiger partial charge is 0.347 e. The summed E-state index contributed by atoms with van der Waals surface area (Å²) in [6.45, 7) is 1.81. The zero-order chi connectivity index (χ0) is 17.7. The first-order chi connectivity index (χ1) is 11.4. The van der Waals surface area contributed by atoms with Crippen molar-refractivity contribution in [2.45, 2.75) is 36.6 Å². The van der Waals surface area contributed by atoms with Gasteiger partial charge in [-0.25, -0.2) is 0 Å². The van der Waals surface area contributed by atoms with E-state index in [1.807, 2.05) is 6.92 Å². The lowest BCUT2D eigenvalue weighted by atomic mass is 10.4. The van der Waals surface area contributed by atoms with Gasteiger partial charge < -0.3 is 10.2 Å². The van der Waals surface area contributed by atoms with E-state index in [2.05, 4.69) is 15.5 Å². The van der Waals surface area contributed by atoms with Gasteiger partial charge in [-0.2, -0.15) is 0 Å². The second kappa shape index (κ2) is 8.43. The summed E-state index contributed by atoms with van der Waals surface area (Å²) in [5.41, 5.74) is 0. The first kappa shape index (κ1) is 18.7. The van der Waals surface area contributed by atoms with Gasteiger partial charge in [0, 0.05) is 26.6 Å². The van der Waals surface area contributed by atoms with Gasteiger partial charge in [0.05, 0.1) is 12.3 Å². The lowest BCUT2D eigenvalue weighted by Gasteiger charge is -2.17. The third-order valence-electron chi connectivity index (χ3n) is 3.35. The van der Waals surface area contributed by atoms with Crippen molar-refractivity contribution >= 4 is 46.0 Å². The highest BCUT2D eigenvalue weighted by atomic mass is 32.2. The summed E-state index contributed by atoms with van der Waals surface area (Å²) in [5.74, 6) is -0.203. The molecule has 0 bridgehead atoms. The van der Waals surface area contributed by atoms with Crippen molar-refractivity contribution in [2.75, 3.05) is 31.3 Å². The van der Waals surface area contributed by atoms with Gasteiger partial charge in [0.15, 0.2) is 4.34 Å². The molecule has 1 aliphatic carbocycles. The molecule has 0 spiro atoms. The first-order valence-electron chi connectivity index (χ1n) is 7.67. The Labute approximate surface area is 149 Å². The molecule has 10 heteroatoms. The molecule has 0 unspecified atom stereocenters. The zero-order valence-electron chi connectivity index (χ0n) is 13.9. The number of likely N-dealkylation sites (N-methyl/N-ethyl adjacent to an activating group) is 1. The average Bonchev–Trinajstić information content (AvgIpc) is 3.28. The highest BCUT2D eigenvalue weighted by molar-refractivity contribution is 8.01. The van der Waals surface area contributed by atoms with Crippen molar-refractivity contribution in [3.63, 3.8) is 0 Å². The van der Waals surface area contributed by atoms with Crippen LogP contribution in [0.5, 0.6) is 0 Å². The number of nitrogens with zero attached hydrogens (tertiary/aromatic N) is 4. The molecular weight excluding hydrogens is 350 g/mol. The Morgan fingerprint density at radius 2 is 1.96 bits per heavy atom. The van der Waals surface area contributed by atoms with Gasteiger partial charge in [0.2, 0.25) is 22.9 Å². The third-order valence-corrected chi connectivity index (χ3v) is 5.40. The van der Waals surface area contributed by atoms with Crippen LogP contribution >= 0.6 is 23.1 Å². The van der Waals surface area contributed by atoms with E-state index >= 15 is 0 Å². The van der Waals surface area contributed by atoms with E-state index < -0.39 is 0 Å². The summed E-state index contributed by atoms with van der Waals surface area (Å²) < 4.78 is 0.633. The predicted molar refractivity (Wildman–Crippen MR) is 93.1 cm³/mol. The van der Waals surface area contributed by atoms with Crippen LogP contribution in [-0.4, -0.2) is 65.3 Å². The van der Waals surface area contributed by atoms with Gasteiger partial charge in [-0.15, -0.1) is 10.2 Å². The number of anilines is 1. The van der Waals surface area contributed by atoms with Crippen LogP contribution in [0.25, 0.3) is 0 Å². The fourth-order valence-corrected chi connectivity index (χ4v) is 3.60. The van der Waals surface area contributed by atoms with Gasteiger partial charge >= 0.3 is 0 Å². The molecule has 0 atom stereocenters. The standard InChI is InChI=1S/C14H21N5O3S2/c1-4-11(21)19(9-5-6-9)13-16-17-14(24-13)23-8-10(20)15-7-12(22)18(2)3/h9H,4-8H2,1-3H3,(H,15,20). The van der Waals surface area contributed by atoms with Crippen LogP contribution in [0, 0.1) is 0 Å². The minimum atomic E-state index is -0.240. The van der Waals surface area contributed by atoms with Crippen molar-refractivity contribution in [1.29, 1.82) is 0 Å². The minimum Gasteiger partial charge on any atom is -0.347 e. The van der Waals surface area contributed by atoms with E-state index in [4.69, 9.17) is 0 Å². The second-order valence-electron chi connectivity index (χ2n) is 5.55. The van der Waals surface area contributed by atoms with Gasteiger partial charge in [0.1, 0.15) is 0 Å². The molecule has 1 fully saturated rings. The number of hydrogen-bond acceptors (Lipinski definition) is 7. The Hall–Kier alpha value is -1.68. The Balaban J connectivity index is 1.84. The molecule has 132 valence electrons. The van der Waals surface area contributed by atoms with Crippen molar-refractivity contribution < 1.29 is 14.4 Å². The molecule has 8 nitrogen and oxygen atoms in total. The Morgan fingerprint density at radius 3 is 2.54 bits per heavy atom. The molecule has 2 rings (SSSR count). The summed E-state index contributed by atoms with van der Waals surface area (Å²) in [6.07, 6.45) is 2.42. The van der Waals surface area contributed by atoms with Crippen LogP contribution in [0.15, 0.2) is 4.34 Å². The lowest BCUT2D eigenvalue weighted by molar-refractivity contribution is -0.130. The summed E-state index contributed by atoms with van der Waals surface area (Å²) in [4.78, 5) is 38.3. The topological polar surface area (TPSA) is 95.5 Å². The van der Waals surface area contributed by atoms with Crippen LogP contribution in [0.3, 0.4) is 0 Å². The first-order valence-corrected chi connectivity index (χ1v) is 9.47. The monoisotopic (exact) mass is 371 g/mol. The third kappa shape index (κ3) is 5.17. The van der Waals surface area contributed by atoms with Gasteiger partial charge in [-0.1, -0.05) is 30.0 Å². The highest BCUT2D eigenvalue weighted by Crippen LogP contribution is 2.36. The summed E-state index contributed by atoms with van der Waals surface area (Å²) >= 11 is 2.56. The van der Waals surface area contributed by atoms with Gasteiger partial charge in [0.25, 0.3) is 0 Å². The fraction of sp³-hybridized carbons (Fsp3) is 0.643. The summed E-state index contributed by atoms with van der Waals surface area (Å²) in [5, 5.41) is 11.3. The van der Waals surface area contributed by atoms with E-state index in [9.17, 15) is 14.4 Å². The molecule has 1 heterocycles. The summed E-state index contributed by atoms with van der Waals surface area (Å²) in [7, 11) is 3.27. The molecule has 0 aliphatic heterocycles. The van der Waals surface area contributed by atoms with E-state index in [0.717, 1.165) is 12.8 Å².